The standard InChI is InChI=1S/C22H25NO2/c24-21-11-13-22(12-4-16-25-22)14-15-23(21)17-18-7-9-20(10-8-18)19-5-2-1-3-6-19/h1-3,5-10H,4,11-17H2/t22-/m1/s1. The summed E-state index contributed by atoms with van der Waals surface area (Å²) >= 11 is 0. The maximum atomic E-state index is 12.5. The maximum absolute atomic E-state index is 12.5. The van der Waals surface area contributed by atoms with Crippen molar-refractivity contribution in [2.24, 2.45) is 0 Å². The predicted octanol–water partition coefficient (Wildman–Crippen LogP) is 4.42. The molecular formula is C22H25NO2. The van der Waals surface area contributed by atoms with E-state index in [4.69, 9.17) is 4.74 Å². The Morgan fingerprint density at radius 3 is 2.40 bits per heavy atom. The fraction of sp³-hybridized carbons (Fsp3) is 0.409. The summed E-state index contributed by atoms with van der Waals surface area (Å²) in [5.41, 5.74) is 3.60. The summed E-state index contributed by atoms with van der Waals surface area (Å²) in [7, 11) is 0. The minimum absolute atomic E-state index is 0.0262. The number of carbonyl (C=O) groups excluding carboxylic acids is 1. The molecule has 2 aromatic carbocycles. The van der Waals surface area contributed by atoms with E-state index in [1.807, 2.05) is 11.0 Å². The molecule has 4 rings (SSSR count). The van der Waals surface area contributed by atoms with Crippen LogP contribution in [0.25, 0.3) is 11.1 Å². The molecule has 2 heterocycles. The lowest BCUT2D eigenvalue weighted by molar-refractivity contribution is -0.131. The van der Waals surface area contributed by atoms with Gasteiger partial charge in [-0.2, -0.15) is 0 Å². The van der Waals surface area contributed by atoms with Gasteiger partial charge >= 0.3 is 0 Å². The van der Waals surface area contributed by atoms with E-state index < -0.39 is 0 Å². The van der Waals surface area contributed by atoms with Gasteiger partial charge in [-0.05, 0) is 42.4 Å². The van der Waals surface area contributed by atoms with Crippen molar-refractivity contribution >= 4 is 5.91 Å². The summed E-state index contributed by atoms with van der Waals surface area (Å²) in [6, 6.07) is 19.0. The molecule has 0 aliphatic carbocycles. The van der Waals surface area contributed by atoms with E-state index in [-0.39, 0.29) is 11.5 Å². The molecule has 2 saturated heterocycles. The summed E-state index contributed by atoms with van der Waals surface area (Å²) < 4.78 is 5.99. The van der Waals surface area contributed by atoms with Crippen molar-refractivity contribution in [1.29, 1.82) is 0 Å². The average molecular weight is 335 g/mol. The third-order valence-electron chi connectivity index (χ3n) is 5.60. The highest BCUT2D eigenvalue weighted by Crippen LogP contribution is 2.36. The van der Waals surface area contributed by atoms with Gasteiger partial charge in [0.1, 0.15) is 0 Å². The molecule has 130 valence electrons. The van der Waals surface area contributed by atoms with Crippen LogP contribution in [0, 0.1) is 0 Å². The number of likely N-dealkylation sites (tertiary alicyclic amines) is 1. The third-order valence-corrected chi connectivity index (χ3v) is 5.60. The Labute approximate surface area is 149 Å². The van der Waals surface area contributed by atoms with Gasteiger partial charge in [-0.1, -0.05) is 54.6 Å². The van der Waals surface area contributed by atoms with Crippen molar-refractivity contribution in [2.75, 3.05) is 13.2 Å². The third kappa shape index (κ3) is 3.62. The fourth-order valence-corrected chi connectivity index (χ4v) is 4.05. The van der Waals surface area contributed by atoms with E-state index in [9.17, 15) is 4.79 Å². The van der Waals surface area contributed by atoms with Gasteiger partial charge < -0.3 is 9.64 Å². The van der Waals surface area contributed by atoms with Gasteiger partial charge in [0.05, 0.1) is 5.60 Å². The van der Waals surface area contributed by atoms with Gasteiger partial charge in [0, 0.05) is 26.1 Å². The van der Waals surface area contributed by atoms with Gasteiger partial charge in [0.2, 0.25) is 5.91 Å². The van der Waals surface area contributed by atoms with Crippen LogP contribution < -0.4 is 0 Å². The largest absolute Gasteiger partial charge is 0.375 e. The molecule has 2 aliphatic heterocycles. The Hall–Kier alpha value is -2.13. The second-order valence-corrected chi connectivity index (χ2v) is 7.26. The van der Waals surface area contributed by atoms with Crippen molar-refractivity contribution in [3.63, 3.8) is 0 Å². The number of ether oxygens (including phenoxy) is 1. The Morgan fingerprint density at radius 1 is 0.920 bits per heavy atom. The number of benzene rings is 2. The minimum atomic E-state index is -0.0262. The molecule has 2 fully saturated rings. The van der Waals surface area contributed by atoms with Crippen LogP contribution in [-0.2, 0) is 16.1 Å². The number of carbonyl (C=O) groups is 1. The Balaban J connectivity index is 1.43. The zero-order valence-corrected chi connectivity index (χ0v) is 14.6. The van der Waals surface area contributed by atoms with Crippen molar-refractivity contribution < 1.29 is 9.53 Å². The van der Waals surface area contributed by atoms with Crippen LogP contribution in [0.15, 0.2) is 54.6 Å². The highest BCUT2D eigenvalue weighted by atomic mass is 16.5. The second kappa shape index (κ2) is 7.01. The van der Waals surface area contributed by atoms with Gasteiger partial charge in [-0.3, -0.25) is 4.79 Å². The molecule has 1 spiro atoms. The molecule has 0 unspecified atom stereocenters. The number of hydrogen-bond donors (Lipinski definition) is 0. The van der Waals surface area contributed by atoms with Crippen LogP contribution in [0.2, 0.25) is 0 Å². The zero-order valence-electron chi connectivity index (χ0n) is 14.6. The number of rotatable bonds is 3. The lowest BCUT2D eigenvalue weighted by atomic mass is 9.92. The number of hydrogen-bond acceptors (Lipinski definition) is 2. The van der Waals surface area contributed by atoms with E-state index >= 15 is 0 Å². The lowest BCUT2D eigenvalue weighted by Gasteiger charge is -2.26. The van der Waals surface area contributed by atoms with Crippen LogP contribution >= 0.6 is 0 Å². The zero-order chi connectivity index (χ0) is 17.1. The van der Waals surface area contributed by atoms with Gasteiger partial charge in [-0.15, -0.1) is 0 Å². The summed E-state index contributed by atoms with van der Waals surface area (Å²) in [4.78, 5) is 14.5. The predicted molar refractivity (Wildman–Crippen MR) is 99.1 cm³/mol. The minimum Gasteiger partial charge on any atom is -0.375 e. The lowest BCUT2D eigenvalue weighted by Crippen LogP contribution is -2.32. The summed E-state index contributed by atoms with van der Waals surface area (Å²) in [6.07, 6.45) is 4.72. The van der Waals surface area contributed by atoms with Gasteiger partial charge in [-0.25, -0.2) is 0 Å². The first-order valence-corrected chi connectivity index (χ1v) is 9.30. The molecular weight excluding hydrogens is 310 g/mol. The van der Waals surface area contributed by atoms with Crippen molar-refractivity contribution in [3.05, 3.63) is 60.2 Å². The highest BCUT2D eigenvalue weighted by Gasteiger charge is 2.38. The molecule has 0 aromatic heterocycles. The molecule has 0 N–H and O–H groups in total. The Morgan fingerprint density at radius 2 is 1.68 bits per heavy atom. The Bertz CT molecular complexity index is 717. The van der Waals surface area contributed by atoms with Crippen molar-refractivity contribution in [3.8, 4) is 11.1 Å². The fourth-order valence-electron chi connectivity index (χ4n) is 4.05. The monoisotopic (exact) mass is 335 g/mol. The van der Waals surface area contributed by atoms with E-state index in [1.54, 1.807) is 0 Å². The van der Waals surface area contributed by atoms with Gasteiger partial charge in [0.25, 0.3) is 0 Å². The van der Waals surface area contributed by atoms with Crippen LogP contribution in [-0.4, -0.2) is 29.6 Å². The Kier molecular flexibility index (Phi) is 4.58. The van der Waals surface area contributed by atoms with Crippen molar-refractivity contribution in [1.82, 2.24) is 4.90 Å². The van der Waals surface area contributed by atoms with Crippen molar-refractivity contribution in [2.45, 2.75) is 44.2 Å². The smallest absolute Gasteiger partial charge is 0.222 e. The summed E-state index contributed by atoms with van der Waals surface area (Å²) in [6.45, 7) is 2.36. The molecule has 2 aliphatic rings. The summed E-state index contributed by atoms with van der Waals surface area (Å²) in [5.74, 6) is 0.263. The average Bonchev–Trinajstić information content (AvgIpc) is 3.07. The quantitative estimate of drug-likeness (QED) is 0.831. The molecule has 25 heavy (non-hydrogen) atoms. The SMILES string of the molecule is O=C1CC[C@]2(CCCO2)CCN1Cc1ccc(-c2ccccc2)cc1. The second-order valence-electron chi connectivity index (χ2n) is 7.26. The molecule has 2 aromatic rings. The van der Waals surface area contributed by atoms with E-state index in [1.165, 1.54) is 16.7 Å². The molecule has 0 bridgehead atoms. The highest BCUT2D eigenvalue weighted by molar-refractivity contribution is 5.76. The summed E-state index contributed by atoms with van der Waals surface area (Å²) in [5, 5.41) is 0. The molecule has 0 saturated carbocycles. The molecule has 1 amide bonds. The van der Waals surface area contributed by atoms with Crippen LogP contribution in [0.1, 0.15) is 37.7 Å². The molecule has 0 radical (unpaired) electrons. The first-order valence-electron chi connectivity index (χ1n) is 9.30. The molecule has 3 heteroatoms. The first-order chi connectivity index (χ1) is 12.2. The number of nitrogens with zero attached hydrogens (tertiary/aromatic N) is 1. The van der Waals surface area contributed by atoms with E-state index in [0.29, 0.717) is 13.0 Å². The normalized spacial score (nSPS) is 23.8. The topological polar surface area (TPSA) is 29.5 Å². The first kappa shape index (κ1) is 16.3. The number of amides is 1. The molecule has 1 atom stereocenters. The van der Waals surface area contributed by atoms with Crippen LogP contribution in [0.4, 0.5) is 0 Å². The van der Waals surface area contributed by atoms with Crippen LogP contribution in [0.5, 0.6) is 0 Å². The van der Waals surface area contributed by atoms with E-state index in [0.717, 1.165) is 38.8 Å². The molecule has 3 nitrogen and oxygen atoms in total. The van der Waals surface area contributed by atoms with Gasteiger partial charge in [0.15, 0.2) is 0 Å². The maximum Gasteiger partial charge on any atom is 0.222 e. The van der Waals surface area contributed by atoms with Crippen LogP contribution in [0.3, 0.4) is 0 Å². The van der Waals surface area contributed by atoms with E-state index in [2.05, 4.69) is 48.5 Å².